The average Bonchev–Trinajstić information content (AvgIpc) is 2.48. The highest BCUT2D eigenvalue weighted by Gasteiger charge is 2.21. The first-order valence-corrected chi connectivity index (χ1v) is 8.46. The number of hydrogen-bond donors (Lipinski definition) is 2. The maximum absolute atomic E-state index is 12.2. The molecule has 2 aromatic carbocycles. The number of aryl methyl sites for hydroxylation is 1. The molecule has 0 fully saturated rings. The topological polar surface area (TPSA) is 72.2 Å². The van der Waals surface area contributed by atoms with Crippen LogP contribution in [0.25, 0.3) is 0 Å². The van der Waals surface area contributed by atoms with Gasteiger partial charge in [-0.15, -0.1) is 0 Å². The molecule has 0 saturated carbocycles. The molecular weight excluding hydrogens is 284 g/mol. The van der Waals surface area contributed by atoms with Crippen LogP contribution in [0.5, 0.6) is 0 Å². The monoisotopic (exact) mass is 304 g/mol. The van der Waals surface area contributed by atoms with Gasteiger partial charge < -0.3 is 5.73 Å². The van der Waals surface area contributed by atoms with Gasteiger partial charge in [0.15, 0.2) is 0 Å². The Morgan fingerprint density at radius 1 is 1.05 bits per heavy atom. The molecule has 0 saturated heterocycles. The van der Waals surface area contributed by atoms with Gasteiger partial charge in [-0.1, -0.05) is 49.4 Å². The minimum absolute atomic E-state index is 0.288. The van der Waals surface area contributed by atoms with E-state index in [0.717, 1.165) is 12.0 Å². The molecule has 0 aliphatic rings. The molecule has 0 heterocycles. The fraction of sp³-hybridized carbons (Fsp3) is 0.250. The number of anilines is 1. The van der Waals surface area contributed by atoms with Gasteiger partial charge in [0.1, 0.15) is 5.37 Å². The van der Waals surface area contributed by atoms with E-state index in [0.29, 0.717) is 5.69 Å². The summed E-state index contributed by atoms with van der Waals surface area (Å²) in [6, 6.07) is 16.6. The number of hydrogen-bond acceptors (Lipinski definition) is 3. The first kappa shape index (κ1) is 15.5. The van der Waals surface area contributed by atoms with Crippen LogP contribution in [0.4, 0.5) is 5.69 Å². The lowest BCUT2D eigenvalue weighted by Crippen LogP contribution is -2.37. The molecule has 0 aliphatic heterocycles. The summed E-state index contributed by atoms with van der Waals surface area (Å²) in [4.78, 5) is 0. The Labute approximate surface area is 126 Å². The second kappa shape index (κ2) is 6.74. The van der Waals surface area contributed by atoms with Crippen molar-refractivity contribution in [1.82, 2.24) is 0 Å². The molecule has 112 valence electrons. The second-order valence-corrected chi connectivity index (χ2v) is 6.83. The van der Waals surface area contributed by atoms with E-state index in [4.69, 9.17) is 5.73 Å². The van der Waals surface area contributed by atoms with E-state index < -0.39 is 15.4 Å². The van der Waals surface area contributed by atoms with Crippen molar-refractivity contribution in [2.45, 2.75) is 25.1 Å². The summed E-state index contributed by atoms with van der Waals surface area (Å²) < 4.78 is 27.0. The summed E-state index contributed by atoms with van der Waals surface area (Å²) in [5.41, 5.74) is 8.50. The van der Waals surface area contributed by atoms with Gasteiger partial charge in [0.05, 0.1) is 0 Å². The van der Waals surface area contributed by atoms with E-state index in [-0.39, 0.29) is 6.42 Å². The van der Waals surface area contributed by atoms with Gasteiger partial charge in [-0.05, 0) is 29.7 Å². The van der Waals surface area contributed by atoms with Crippen LogP contribution in [0.1, 0.15) is 18.1 Å². The van der Waals surface area contributed by atoms with Crippen LogP contribution in [0.2, 0.25) is 0 Å². The van der Waals surface area contributed by atoms with E-state index in [1.165, 1.54) is 5.56 Å². The molecule has 3 N–H and O–H groups in total. The predicted molar refractivity (Wildman–Crippen MR) is 86.5 cm³/mol. The van der Waals surface area contributed by atoms with Crippen molar-refractivity contribution in [1.29, 1.82) is 0 Å². The summed E-state index contributed by atoms with van der Waals surface area (Å²) in [6.45, 7) is 2.06. The lowest BCUT2D eigenvalue weighted by Gasteiger charge is -2.15. The SMILES string of the molecule is CCc1cccc(CC(N)S(=O)(=O)Nc2ccccc2)c1. The van der Waals surface area contributed by atoms with Crippen molar-refractivity contribution in [2.75, 3.05) is 4.72 Å². The molecule has 2 rings (SSSR count). The highest BCUT2D eigenvalue weighted by Crippen LogP contribution is 2.13. The van der Waals surface area contributed by atoms with Crippen LogP contribution in [-0.2, 0) is 22.9 Å². The van der Waals surface area contributed by atoms with Gasteiger partial charge in [0.2, 0.25) is 10.0 Å². The number of benzene rings is 2. The molecule has 2 aromatic rings. The maximum atomic E-state index is 12.2. The Balaban J connectivity index is 2.09. The van der Waals surface area contributed by atoms with Gasteiger partial charge in [-0.3, -0.25) is 4.72 Å². The third-order valence-electron chi connectivity index (χ3n) is 3.27. The fourth-order valence-electron chi connectivity index (χ4n) is 2.06. The van der Waals surface area contributed by atoms with Crippen molar-refractivity contribution < 1.29 is 8.42 Å². The van der Waals surface area contributed by atoms with Crippen molar-refractivity contribution >= 4 is 15.7 Å². The fourth-order valence-corrected chi connectivity index (χ4v) is 3.09. The Morgan fingerprint density at radius 3 is 2.38 bits per heavy atom. The van der Waals surface area contributed by atoms with Gasteiger partial charge >= 0.3 is 0 Å². The Kier molecular flexibility index (Phi) is 4.98. The normalized spacial score (nSPS) is 12.9. The number of para-hydroxylation sites is 1. The molecule has 0 amide bonds. The Hall–Kier alpha value is -1.85. The summed E-state index contributed by atoms with van der Waals surface area (Å²) in [7, 11) is -3.60. The van der Waals surface area contributed by atoms with E-state index >= 15 is 0 Å². The molecule has 0 aliphatic carbocycles. The van der Waals surface area contributed by atoms with Crippen LogP contribution >= 0.6 is 0 Å². The third kappa shape index (κ3) is 4.31. The van der Waals surface area contributed by atoms with Gasteiger partial charge in [0, 0.05) is 12.1 Å². The third-order valence-corrected chi connectivity index (χ3v) is 4.75. The van der Waals surface area contributed by atoms with Gasteiger partial charge in [0.25, 0.3) is 0 Å². The lowest BCUT2D eigenvalue weighted by molar-refractivity contribution is 0.585. The van der Waals surface area contributed by atoms with E-state index in [1.807, 2.05) is 30.3 Å². The molecule has 4 nitrogen and oxygen atoms in total. The lowest BCUT2D eigenvalue weighted by atomic mass is 10.1. The molecule has 0 spiro atoms. The minimum Gasteiger partial charge on any atom is -0.313 e. The van der Waals surface area contributed by atoms with Crippen molar-refractivity contribution in [3.63, 3.8) is 0 Å². The quantitative estimate of drug-likeness (QED) is 0.861. The predicted octanol–water partition coefficient (Wildman–Crippen LogP) is 2.52. The Bertz CT molecular complexity index is 684. The van der Waals surface area contributed by atoms with Crippen LogP contribution in [0.3, 0.4) is 0 Å². The van der Waals surface area contributed by atoms with Crippen molar-refractivity contribution in [3.05, 3.63) is 65.7 Å². The minimum atomic E-state index is -3.60. The van der Waals surface area contributed by atoms with Crippen LogP contribution in [0, 0.1) is 0 Å². The zero-order valence-electron chi connectivity index (χ0n) is 12.0. The second-order valence-electron chi connectivity index (χ2n) is 4.93. The Morgan fingerprint density at radius 2 is 1.71 bits per heavy atom. The summed E-state index contributed by atoms with van der Waals surface area (Å²) in [5.74, 6) is 0. The van der Waals surface area contributed by atoms with E-state index in [1.54, 1.807) is 24.3 Å². The molecule has 21 heavy (non-hydrogen) atoms. The largest absolute Gasteiger partial charge is 0.313 e. The van der Waals surface area contributed by atoms with Gasteiger partial charge in [-0.2, -0.15) is 0 Å². The summed E-state index contributed by atoms with van der Waals surface area (Å²) >= 11 is 0. The maximum Gasteiger partial charge on any atom is 0.248 e. The number of nitrogens with two attached hydrogens (primary N) is 1. The first-order valence-electron chi connectivity index (χ1n) is 6.91. The highest BCUT2D eigenvalue weighted by atomic mass is 32.2. The molecule has 0 bridgehead atoms. The number of rotatable bonds is 6. The zero-order valence-corrected chi connectivity index (χ0v) is 12.8. The zero-order chi connectivity index (χ0) is 15.3. The molecule has 0 aromatic heterocycles. The van der Waals surface area contributed by atoms with Gasteiger partial charge in [-0.25, -0.2) is 8.42 Å². The smallest absolute Gasteiger partial charge is 0.248 e. The van der Waals surface area contributed by atoms with Crippen molar-refractivity contribution in [2.24, 2.45) is 5.73 Å². The molecule has 1 unspecified atom stereocenters. The standard InChI is InChI=1S/C16H20N2O2S/c1-2-13-7-6-8-14(11-13)12-16(17)21(19,20)18-15-9-4-3-5-10-15/h3-11,16,18H,2,12,17H2,1H3. The first-order chi connectivity index (χ1) is 10.0. The number of sulfonamides is 1. The molecule has 1 atom stereocenters. The molecule has 0 radical (unpaired) electrons. The average molecular weight is 304 g/mol. The van der Waals surface area contributed by atoms with Crippen LogP contribution in [0.15, 0.2) is 54.6 Å². The number of nitrogens with one attached hydrogen (secondary N) is 1. The summed E-state index contributed by atoms with van der Waals surface area (Å²) in [5, 5.41) is -0.982. The molecular formula is C16H20N2O2S. The van der Waals surface area contributed by atoms with E-state index in [2.05, 4.69) is 11.6 Å². The van der Waals surface area contributed by atoms with Crippen LogP contribution < -0.4 is 10.5 Å². The van der Waals surface area contributed by atoms with Crippen LogP contribution in [-0.4, -0.2) is 13.8 Å². The van der Waals surface area contributed by atoms with Crippen molar-refractivity contribution in [3.8, 4) is 0 Å². The summed E-state index contributed by atoms with van der Waals surface area (Å²) in [6.07, 6.45) is 1.20. The van der Waals surface area contributed by atoms with E-state index in [9.17, 15) is 8.42 Å². The molecule has 5 heteroatoms. The highest BCUT2D eigenvalue weighted by molar-refractivity contribution is 7.93.